The van der Waals surface area contributed by atoms with E-state index in [4.69, 9.17) is 47.4 Å². The minimum absolute atomic E-state index is 0.382. The monoisotopic (exact) mass is 1440 g/mol. The molecule has 5 aromatic rings. The van der Waals surface area contributed by atoms with Crippen molar-refractivity contribution in [3.63, 3.8) is 0 Å². The van der Waals surface area contributed by atoms with Crippen LogP contribution in [0.25, 0.3) is 10.1 Å². The first-order chi connectivity index (χ1) is 46.4. The van der Waals surface area contributed by atoms with Crippen LogP contribution in [0.3, 0.4) is 0 Å². The lowest BCUT2D eigenvalue weighted by molar-refractivity contribution is -0.0657. The summed E-state index contributed by atoms with van der Waals surface area (Å²) in [4.78, 5) is 10.4. The number of hydrogen-bond acceptors (Lipinski definition) is 15. The Balaban J connectivity index is 0.000000137. The van der Waals surface area contributed by atoms with Gasteiger partial charge in [-0.1, -0.05) is 132 Å². The van der Waals surface area contributed by atoms with Gasteiger partial charge in [0.25, 0.3) is 0 Å². The number of nitrogens with zero attached hydrogens (tertiary/aromatic N) is 4. The second kappa shape index (κ2) is 41.5. The van der Waals surface area contributed by atoms with Gasteiger partial charge in [0.05, 0.1) is 111 Å². The number of thiophene rings is 1. The van der Waals surface area contributed by atoms with Crippen LogP contribution in [0.4, 0.5) is 0 Å². The molecule has 14 nitrogen and oxygen atoms in total. The van der Waals surface area contributed by atoms with Gasteiger partial charge in [-0.2, -0.15) is 0 Å². The maximum absolute atomic E-state index is 6.40. The first-order valence-corrected chi connectivity index (χ1v) is 38.7. The van der Waals surface area contributed by atoms with Gasteiger partial charge in [-0.05, 0) is 159 Å². The molecule has 94 heavy (non-hydrogen) atoms. The van der Waals surface area contributed by atoms with Gasteiger partial charge in [-0.3, -0.25) is 19.6 Å². The average molecular weight is 1450 g/mol. The van der Waals surface area contributed by atoms with Crippen LogP contribution >= 0.6 is 43.2 Å². The van der Waals surface area contributed by atoms with E-state index in [2.05, 4.69) is 142 Å². The lowest BCUT2D eigenvalue weighted by Crippen LogP contribution is -2.51. The van der Waals surface area contributed by atoms with Crippen LogP contribution in [0.1, 0.15) is 131 Å². The molecule has 0 radical (unpaired) electrons. The number of hydrogen-bond donors (Lipinski definition) is 0. The van der Waals surface area contributed by atoms with Crippen LogP contribution in [0.2, 0.25) is 0 Å². The Morgan fingerprint density at radius 3 is 1.31 bits per heavy atom. The molecule has 5 heterocycles. The summed E-state index contributed by atoms with van der Waals surface area (Å²) in [5.74, 6) is 1.58. The summed E-state index contributed by atoms with van der Waals surface area (Å²) in [6.07, 6.45) is 27.1. The van der Waals surface area contributed by atoms with Gasteiger partial charge in [-0.15, -0.1) is 11.3 Å². The molecule has 4 aliphatic heterocycles. The lowest BCUT2D eigenvalue weighted by Gasteiger charge is -2.41. The Hall–Kier alpha value is -3.08. The number of benzene rings is 4. The minimum atomic E-state index is 0.382. The van der Waals surface area contributed by atoms with Gasteiger partial charge in [0.2, 0.25) is 0 Å². The summed E-state index contributed by atoms with van der Waals surface area (Å²) < 4.78 is 61.7. The van der Waals surface area contributed by atoms with E-state index in [1.54, 1.807) is 14.2 Å². The Morgan fingerprint density at radius 1 is 0.404 bits per heavy atom. The summed E-state index contributed by atoms with van der Waals surface area (Å²) in [5.41, 5.74) is 5.36. The predicted octanol–water partition coefficient (Wildman–Crippen LogP) is 14.7. The molecule has 0 amide bonds. The van der Waals surface area contributed by atoms with E-state index in [1.807, 2.05) is 17.4 Å². The molecule has 520 valence electrons. The van der Waals surface area contributed by atoms with Crippen molar-refractivity contribution in [3.05, 3.63) is 128 Å². The quantitative estimate of drug-likeness (QED) is 0.0579. The number of aryl methyl sites for hydroxylation is 1. The number of ether oxygens (including phenoxy) is 10. The van der Waals surface area contributed by atoms with Crippen LogP contribution in [-0.4, -0.2) is 214 Å². The normalized spacial score (nSPS) is 26.0. The molecule has 0 spiro atoms. The molecular formula is C77H112Br2N4O10S. The molecule has 8 atom stereocenters. The van der Waals surface area contributed by atoms with Crippen molar-refractivity contribution in [2.75, 3.05) is 146 Å². The summed E-state index contributed by atoms with van der Waals surface area (Å²) in [6.45, 7) is 18.8. The molecule has 8 aliphatic rings. The van der Waals surface area contributed by atoms with Crippen molar-refractivity contribution in [2.24, 2.45) is 0 Å². The van der Waals surface area contributed by atoms with Crippen LogP contribution < -0.4 is 9.47 Å². The molecule has 1 aromatic heterocycles. The molecule has 4 unspecified atom stereocenters. The lowest BCUT2D eigenvalue weighted by atomic mass is 9.91. The van der Waals surface area contributed by atoms with Crippen molar-refractivity contribution < 1.29 is 47.4 Å². The molecule has 8 fully saturated rings. The molecule has 0 bridgehead atoms. The second-order valence-electron chi connectivity index (χ2n) is 26.7. The van der Waals surface area contributed by atoms with Gasteiger partial charge in [-0.25, -0.2) is 0 Å². The molecular weight excluding hydrogens is 1330 g/mol. The Labute approximate surface area is 584 Å². The van der Waals surface area contributed by atoms with Crippen LogP contribution in [0.15, 0.2) is 105 Å². The highest BCUT2D eigenvalue weighted by Gasteiger charge is 2.35. The van der Waals surface area contributed by atoms with E-state index in [9.17, 15) is 0 Å². The topological polar surface area (TPSA) is 105 Å². The summed E-state index contributed by atoms with van der Waals surface area (Å²) >= 11 is 8.98. The van der Waals surface area contributed by atoms with Gasteiger partial charge in [0, 0.05) is 96.8 Å². The molecule has 4 aliphatic carbocycles. The molecule has 4 aromatic carbocycles. The van der Waals surface area contributed by atoms with Crippen molar-refractivity contribution in [1.29, 1.82) is 0 Å². The van der Waals surface area contributed by atoms with Crippen LogP contribution in [0, 0.1) is 0 Å². The fourth-order valence-corrected chi connectivity index (χ4v) is 17.3. The van der Waals surface area contributed by atoms with Crippen molar-refractivity contribution in [1.82, 2.24) is 19.6 Å². The minimum Gasteiger partial charge on any atom is -0.493 e. The molecule has 13 rings (SSSR count). The first kappa shape index (κ1) is 73.6. The third-order valence-electron chi connectivity index (χ3n) is 20.7. The standard InChI is InChI=1S/C21H33NO4.C20H27NO2S.2C18H26BrNO2/c1-23-20-10-9-17(16-21(20)24-2)6-5-13-26-19-8-4-3-7-18(19)22-11-14-25-15-12-22;1-2-6-19(18(5-1)21-10-13-22-14-11-21)23-12-8-16-4-3-7-20-17(16)9-15-24-20;19-16-5-3-4-15(14-16)8-11-22-18-7-2-1-6-17(18)20-9-12-21-13-10-20;19-16-6-2-1-5-15(16)9-12-22-18-8-4-3-7-17(18)20-10-13-21-14-11-20/h9-10,16,18-19H,3-8,11-15H2,1-2H3;3-4,7,9,15,18-19H,1-2,5-6,8,10-14H2;3-5,14,17-18H,1-2,6-13H2;1-2,5-6,17-18H,3-4,7-14H2/t2*18?,19-;2*17?,18-/m0000/s1. The number of morpholine rings is 4. The molecule has 0 N–H and O–H groups in total. The Kier molecular flexibility index (Phi) is 32.5. The fraction of sp³-hybridized carbons (Fsp3) is 0.662. The highest BCUT2D eigenvalue weighted by molar-refractivity contribution is 9.10. The Bertz CT molecular complexity index is 2880. The number of halogens is 2. The number of methoxy groups -OCH3 is 2. The third-order valence-corrected chi connectivity index (χ3v) is 22.8. The predicted molar refractivity (Wildman–Crippen MR) is 387 cm³/mol. The van der Waals surface area contributed by atoms with Gasteiger partial charge in [0.1, 0.15) is 0 Å². The molecule has 4 saturated carbocycles. The van der Waals surface area contributed by atoms with Crippen LogP contribution in [-0.2, 0) is 63.6 Å². The smallest absolute Gasteiger partial charge is 0.160 e. The maximum atomic E-state index is 6.40. The zero-order chi connectivity index (χ0) is 64.8. The van der Waals surface area contributed by atoms with Crippen LogP contribution in [0.5, 0.6) is 11.5 Å². The van der Waals surface area contributed by atoms with Gasteiger partial charge < -0.3 is 47.4 Å². The van der Waals surface area contributed by atoms with E-state index in [1.165, 1.54) is 140 Å². The van der Waals surface area contributed by atoms with Gasteiger partial charge >= 0.3 is 0 Å². The third kappa shape index (κ3) is 23.3. The van der Waals surface area contributed by atoms with Crippen molar-refractivity contribution >= 4 is 53.3 Å². The summed E-state index contributed by atoms with van der Waals surface area (Å²) in [7, 11) is 3.35. The maximum Gasteiger partial charge on any atom is 0.160 e. The summed E-state index contributed by atoms with van der Waals surface area (Å²) in [6, 6.07) is 34.3. The zero-order valence-corrected chi connectivity index (χ0v) is 60.9. The highest BCUT2D eigenvalue weighted by Crippen LogP contribution is 2.33. The van der Waals surface area contributed by atoms with Gasteiger partial charge in [0.15, 0.2) is 11.5 Å². The fourth-order valence-electron chi connectivity index (χ4n) is 15.6. The highest BCUT2D eigenvalue weighted by atomic mass is 79.9. The second-order valence-corrected chi connectivity index (χ2v) is 29.4. The average Bonchev–Trinajstić information content (AvgIpc) is 1.68. The zero-order valence-electron chi connectivity index (χ0n) is 56.9. The van der Waals surface area contributed by atoms with E-state index < -0.39 is 0 Å². The molecule has 17 heteroatoms. The first-order valence-electron chi connectivity index (χ1n) is 36.3. The van der Waals surface area contributed by atoms with E-state index >= 15 is 0 Å². The van der Waals surface area contributed by atoms with Crippen molar-refractivity contribution in [2.45, 2.75) is 183 Å². The Morgan fingerprint density at radius 2 is 0.830 bits per heavy atom. The molecule has 4 saturated heterocycles. The van der Waals surface area contributed by atoms with Crippen molar-refractivity contribution in [3.8, 4) is 11.5 Å². The number of fused-ring (bicyclic) bond motifs is 1. The SMILES string of the molecule is Brc1cccc(CCO[C@H]2CCCCC2N2CCOCC2)c1.Brc1ccccc1CCO[C@H]1CCCCC1N1CCOCC1.COc1ccc(CCCO[C@H]2CCCCC2N2CCOCC2)cc1OC.c1cc(CCO[C@H]2CCCCC2N2CCOCC2)c2ccsc2c1. The number of rotatable bonds is 23. The summed E-state index contributed by atoms with van der Waals surface area (Å²) in [5, 5.41) is 3.59. The van der Waals surface area contributed by atoms with E-state index in [0.29, 0.717) is 48.6 Å². The van der Waals surface area contributed by atoms with E-state index in [-0.39, 0.29) is 0 Å². The largest absolute Gasteiger partial charge is 0.493 e. The van der Waals surface area contributed by atoms with E-state index in [0.717, 1.165) is 180 Å².